The largest absolute Gasteiger partial charge is 1.00 e. The first-order valence-electron chi connectivity index (χ1n) is 8.92. The van der Waals surface area contributed by atoms with E-state index in [1.807, 2.05) is 0 Å². The quantitative estimate of drug-likeness (QED) is 0.200. The van der Waals surface area contributed by atoms with Crippen LogP contribution in [0.4, 0.5) is 21.5 Å². The van der Waals surface area contributed by atoms with E-state index in [-0.39, 0.29) is 57.6 Å². The summed E-state index contributed by atoms with van der Waals surface area (Å²) >= 11 is 0. The van der Waals surface area contributed by atoms with E-state index in [2.05, 4.69) is 5.32 Å². The maximum absolute atomic E-state index is 14.1. The van der Waals surface area contributed by atoms with Gasteiger partial charge in [0.2, 0.25) is 0 Å². The summed E-state index contributed by atoms with van der Waals surface area (Å²) in [6, 6.07) is 9.70. The number of aromatic carboxylic acids is 1. The van der Waals surface area contributed by atoms with Crippen molar-refractivity contribution < 1.29 is 66.4 Å². The number of hydrogen-bond acceptors (Lipinski definition) is 8. The minimum absolute atomic E-state index is 0. The van der Waals surface area contributed by atoms with Gasteiger partial charge in [-0.3, -0.25) is 9.59 Å². The van der Waals surface area contributed by atoms with E-state index in [9.17, 15) is 36.9 Å². The molecule has 1 aliphatic rings. The number of nitrogens with two attached hydrogens (primary N) is 1. The number of halogens is 1. The van der Waals surface area contributed by atoms with E-state index in [4.69, 9.17) is 5.73 Å². The van der Waals surface area contributed by atoms with Gasteiger partial charge in [0.1, 0.15) is 21.5 Å². The zero-order valence-corrected chi connectivity index (χ0v) is 19.7. The zero-order chi connectivity index (χ0) is 23.4. The van der Waals surface area contributed by atoms with E-state index < -0.39 is 55.2 Å². The third-order valence-electron chi connectivity index (χ3n) is 4.97. The second-order valence-corrected chi connectivity index (χ2v) is 8.18. The van der Waals surface area contributed by atoms with E-state index in [1.54, 1.807) is 0 Å². The molecule has 0 radical (unpaired) electrons. The van der Waals surface area contributed by atoms with Crippen molar-refractivity contribution in [1.29, 1.82) is 0 Å². The summed E-state index contributed by atoms with van der Waals surface area (Å²) < 4.78 is 49.5. The molecule has 0 spiro atoms. The first kappa shape index (κ1) is 24.6. The topological polar surface area (TPSA) is 167 Å². The van der Waals surface area contributed by atoms with Gasteiger partial charge < -0.3 is 20.7 Å². The van der Waals surface area contributed by atoms with Crippen LogP contribution in [0, 0.1) is 5.82 Å². The van der Waals surface area contributed by atoms with Gasteiger partial charge in [-0.05, 0) is 18.2 Å². The molecular formula is C21H12FN2NaO7S. The number of ketones is 2. The monoisotopic (exact) mass is 478 g/mol. The number of nitrogens with one attached hydrogen (secondary N) is 1. The average molecular weight is 478 g/mol. The fourth-order valence-electron chi connectivity index (χ4n) is 3.59. The van der Waals surface area contributed by atoms with Crippen molar-refractivity contribution in [1.82, 2.24) is 0 Å². The third-order valence-corrected chi connectivity index (χ3v) is 5.84. The molecule has 0 saturated heterocycles. The number of carboxylic acids is 1. The van der Waals surface area contributed by atoms with Crippen molar-refractivity contribution in [2.75, 3.05) is 11.1 Å². The molecule has 3 aromatic rings. The molecule has 12 heteroatoms. The molecule has 0 aliphatic heterocycles. The molecule has 4 N–H and O–H groups in total. The van der Waals surface area contributed by atoms with Crippen LogP contribution in [0.2, 0.25) is 0 Å². The van der Waals surface area contributed by atoms with Crippen LogP contribution in [-0.4, -0.2) is 35.6 Å². The van der Waals surface area contributed by atoms with Gasteiger partial charge in [-0.15, -0.1) is 0 Å². The average Bonchev–Trinajstić information content (AvgIpc) is 2.72. The molecule has 33 heavy (non-hydrogen) atoms. The molecule has 162 valence electrons. The predicted octanol–water partition coefficient (Wildman–Crippen LogP) is -0.467. The molecule has 0 aromatic heterocycles. The minimum atomic E-state index is -5.20. The van der Waals surface area contributed by atoms with Gasteiger partial charge in [0.05, 0.1) is 33.1 Å². The normalized spacial score (nSPS) is 12.4. The van der Waals surface area contributed by atoms with Gasteiger partial charge >= 0.3 is 35.5 Å². The number of carboxylic acid groups (broad SMARTS) is 1. The SMILES string of the molecule is Nc1c(S(=O)(=O)[O-])cc(Nc2cccc(F)c2C(=O)O)c2c1C(=O)c1ccccc1C2=O.[Na+]. The Morgan fingerprint density at radius 1 is 0.970 bits per heavy atom. The molecule has 4 rings (SSSR count). The number of fused-ring (bicyclic) bond motifs is 2. The molecule has 0 bridgehead atoms. The summed E-state index contributed by atoms with van der Waals surface area (Å²) in [4.78, 5) is 36.8. The number of benzene rings is 3. The van der Waals surface area contributed by atoms with Gasteiger partial charge in [0, 0.05) is 11.1 Å². The van der Waals surface area contributed by atoms with Crippen LogP contribution in [0.25, 0.3) is 0 Å². The van der Waals surface area contributed by atoms with Crippen LogP contribution in [0.15, 0.2) is 53.4 Å². The van der Waals surface area contributed by atoms with Crippen LogP contribution >= 0.6 is 0 Å². The first-order valence-corrected chi connectivity index (χ1v) is 10.3. The number of rotatable bonds is 4. The predicted molar refractivity (Wildman–Crippen MR) is 109 cm³/mol. The second-order valence-electron chi connectivity index (χ2n) is 6.84. The molecule has 3 aromatic carbocycles. The smallest absolute Gasteiger partial charge is 0.744 e. The Kier molecular flexibility index (Phi) is 6.46. The molecule has 0 amide bonds. The summed E-state index contributed by atoms with van der Waals surface area (Å²) in [7, 11) is -5.20. The van der Waals surface area contributed by atoms with Crippen molar-refractivity contribution in [3.63, 3.8) is 0 Å². The molecule has 0 atom stereocenters. The Labute approximate surface area is 208 Å². The Morgan fingerprint density at radius 3 is 2.09 bits per heavy atom. The fourth-order valence-corrected chi connectivity index (χ4v) is 4.22. The van der Waals surface area contributed by atoms with Crippen molar-refractivity contribution in [3.05, 3.63) is 82.2 Å². The molecule has 0 unspecified atom stereocenters. The first-order chi connectivity index (χ1) is 15.0. The Balaban J connectivity index is 0.00000306. The molecular weight excluding hydrogens is 466 g/mol. The minimum Gasteiger partial charge on any atom is -0.744 e. The maximum Gasteiger partial charge on any atom is 1.00 e. The van der Waals surface area contributed by atoms with Crippen LogP contribution < -0.4 is 40.6 Å². The molecule has 9 nitrogen and oxygen atoms in total. The maximum atomic E-state index is 14.1. The van der Waals surface area contributed by atoms with E-state index in [0.717, 1.165) is 12.1 Å². The van der Waals surface area contributed by atoms with Crippen LogP contribution in [0.1, 0.15) is 42.2 Å². The van der Waals surface area contributed by atoms with E-state index in [0.29, 0.717) is 0 Å². The van der Waals surface area contributed by atoms with Gasteiger partial charge in [-0.1, -0.05) is 30.3 Å². The number of carbonyl (C=O) groups excluding carboxylic acids is 2. The third kappa shape index (κ3) is 4.05. The molecule has 0 fully saturated rings. The summed E-state index contributed by atoms with van der Waals surface area (Å²) in [5.41, 5.74) is 2.70. The zero-order valence-electron chi connectivity index (χ0n) is 16.9. The summed E-state index contributed by atoms with van der Waals surface area (Å²) in [6.45, 7) is 0. The number of carbonyl (C=O) groups is 3. The van der Waals surface area contributed by atoms with Crippen molar-refractivity contribution >= 4 is 44.7 Å². The number of hydrogen-bond donors (Lipinski definition) is 3. The van der Waals surface area contributed by atoms with E-state index in [1.165, 1.54) is 36.4 Å². The Bertz CT molecular complexity index is 1470. The van der Waals surface area contributed by atoms with Gasteiger partial charge in [0.15, 0.2) is 11.6 Å². The standard InChI is InChI=1S/C21H13FN2O7S.Na/c22-11-6-3-7-12(15(11)21(27)28)24-13-8-14(32(29,30)31)18(23)17-16(13)19(25)9-4-1-2-5-10(9)20(17)26;/h1-8,24H,23H2,(H,27,28)(H,29,30,31);/q;+1/p-1. The van der Waals surface area contributed by atoms with Crippen molar-refractivity contribution in [2.45, 2.75) is 4.90 Å². The van der Waals surface area contributed by atoms with Crippen LogP contribution in [-0.2, 0) is 10.1 Å². The summed E-state index contributed by atoms with van der Waals surface area (Å²) in [5, 5.41) is 11.8. The van der Waals surface area contributed by atoms with Crippen LogP contribution in [0.5, 0.6) is 0 Å². The van der Waals surface area contributed by atoms with E-state index >= 15 is 0 Å². The summed E-state index contributed by atoms with van der Waals surface area (Å²) in [6.07, 6.45) is 0. The van der Waals surface area contributed by atoms with Gasteiger partial charge in [0.25, 0.3) is 0 Å². The Morgan fingerprint density at radius 2 is 1.55 bits per heavy atom. The molecule has 0 heterocycles. The second kappa shape index (κ2) is 8.69. The number of nitrogen functional groups attached to an aromatic ring is 1. The van der Waals surface area contributed by atoms with Gasteiger partial charge in [-0.25, -0.2) is 17.6 Å². The van der Waals surface area contributed by atoms with Crippen LogP contribution in [0.3, 0.4) is 0 Å². The van der Waals surface area contributed by atoms with Crippen molar-refractivity contribution in [2.24, 2.45) is 0 Å². The Hall–Kier alpha value is -3.09. The molecule has 0 saturated carbocycles. The fraction of sp³-hybridized carbons (Fsp3) is 0. The summed E-state index contributed by atoms with van der Waals surface area (Å²) in [5.74, 6) is -4.25. The van der Waals surface area contributed by atoms with Crippen molar-refractivity contribution in [3.8, 4) is 0 Å². The number of anilines is 3. The van der Waals surface area contributed by atoms with Gasteiger partial charge in [-0.2, -0.15) is 0 Å². The molecule has 1 aliphatic carbocycles.